The van der Waals surface area contributed by atoms with E-state index in [-0.39, 0.29) is 42.5 Å². The zero-order valence-corrected chi connectivity index (χ0v) is 26.1. The van der Waals surface area contributed by atoms with Gasteiger partial charge in [0.15, 0.2) is 5.78 Å². The minimum Gasteiger partial charge on any atom is -0.512 e. The van der Waals surface area contributed by atoms with Crippen molar-refractivity contribution in [2.75, 3.05) is 0 Å². The van der Waals surface area contributed by atoms with Gasteiger partial charge in [-0.05, 0) is 36.6 Å². The number of carbonyl (C=O) groups excluding carboxylic acids is 1. The van der Waals surface area contributed by atoms with Crippen LogP contribution in [0.25, 0.3) is 10.8 Å². The Hall–Kier alpha value is -2.49. The van der Waals surface area contributed by atoms with E-state index in [0.717, 1.165) is 23.8 Å². The quantitative estimate of drug-likeness (QED) is 0.147. The van der Waals surface area contributed by atoms with Gasteiger partial charge in [-0.2, -0.15) is 18.2 Å². The predicted octanol–water partition coefficient (Wildman–Crippen LogP) is 9.13. The van der Waals surface area contributed by atoms with Crippen LogP contribution in [-0.4, -0.2) is 15.9 Å². The Bertz CT molecular complexity index is 1200. The molecule has 1 heterocycles. The van der Waals surface area contributed by atoms with Crippen LogP contribution in [0.3, 0.4) is 0 Å². The number of aliphatic hydroxyl groups excluding tert-OH is 1. The average Bonchev–Trinajstić information content (AvgIpc) is 2.86. The van der Waals surface area contributed by atoms with Crippen LogP contribution in [0.4, 0.5) is 0 Å². The number of benzene rings is 2. The van der Waals surface area contributed by atoms with Gasteiger partial charge in [0.25, 0.3) is 0 Å². The van der Waals surface area contributed by atoms with Gasteiger partial charge in [0.2, 0.25) is 5.88 Å². The molecule has 2 aromatic carbocycles. The van der Waals surface area contributed by atoms with Crippen molar-refractivity contribution in [3.05, 3.63) is 77.7 Å². The third kappa shape index (κ3) is 8.51. The Balaban J connectivity index is 0.000000384. The maximum absolute atomic E-state index is 11.8. The second-order valence-electron chi connectivity index (χ2n) is 10.9. The standard InChI is InChI=1S/C19H18NO.C13H24O2.Ir/c1-13(2)17-11-7-8-15-12-20-19(14(3)18(15)17)21-16-9-5-4-6-10-16;1-7-12(3,4)10(14)9-11(15)13(5,6)8-2;/h4-9,11-13H,1-3H3;9,14H,7-8H2,1-6H3;/q-1;;/b;10-9-;. The first-order chi connectivity index (χ1) is 16.8. The Labute approximate surface area is 236 Å². The number of hydrogen-bond acceptors (Lipinski definition) is 4. The summed E-state index contributed by atoms with van der Waals surface area (Å²) in [4.78, 5) is 16.3. The molecule has 4 nitrogen and oxygen atoms in total. The zero-order valence-electron chi connectivity index (χ0n) is 23.7. The van der Waals surface area contributed by atoms with Crippen LogP contribution in [-0.2, 0) is 24.9 Å². The number of carbonyl (C=O) groups is 1. The van der Waals surface area contributed by atoms with Gasteiger partial charge in [-0.15, -0.1) is 12.1 Å². The molecular weight excluding hydrogens is 639 g/mol. The molecule has 0 aliphatic heterocycles. The van der Waals surface area contributed by atoms with Crippen molar-refractivity contribution < 1.29 is 34.7 Å². The number of allylic oxidation sites excluding steroid dienone is 2. The maximum atomic E-state index is 11.8. The fraction of sp³-hybridized carbons (Fsp3) is 0.438. The number of pyridine rings is 1. The van der Waals surface area contributed by atoms with Crippen LogP contribution < -0.4 is 4.74 Å². The summed E-state index contributed by atoms with van der Waals surface area (Å²) < 4.78 is 5.89. The first kappa shape index (κ1) is 32.5. The molecule has 0 unspecified atom stereocenters. The number of ketones is 1. The van der Waals surface area contributed by atoms with Crippen molar-refractivity contribution in [3.63, 3.8) is 0 Å². The van der Waals surface area contributed by atoms with E-state index in [9.17, 15) is 9.90 Å². The third-order valence-electron chi connectivity index (χ3n) is 7.05. The second kappa shape index (κ2) is 13.9. The summed E-state index contributed by atoms with van der Waals surface area (Å²) in [6.45, 7) is 18.1. The number of para-hydroxylation sites is 1. The Morgan fingerprint density at radius 1 is 1.05 bits per heavy atom. The van der Waals surface area contributed by atoms with Crippen molar-refractivity contribution in [1.82, 2.24) is 4.98 Å². The van der Waals surface area contributed by atoms with Gasteiger partial charge in [-0.25, -0.2) is 4.98 Å². The first-order valence-electron chi connectivity index (χ1n) is 12.8. The molecule has 0 bridgehead atoms. The molecule has 0 fully saturated rings. The zero-order chi connectivity index (χ0) is 27.1. The van der Waals surface area contributed by atoms with E-state index in [2.05, 4.69) is 50.0 Å². The number of aromatic nitrogens is 1. The molecule has 0 saturated heterocycles. The van der Waals surface area contributed by atoms with Crippen molar-refractivity contribution in [1.29, 1.82) is 0 Å². The van der Waals surface area contributed by atoms with Crippen molar-refractivity contribution >= 4 is 16.6 Å². The largest absolute Gasteiger partial charge is 0.512 e. The number of rotatable bonds is 8. The van der Waals surface area contributed by atoms with Gasteiger partial charge in [-0.1, -0.05) is 73.6 Å². The molecule has 37 heavy (non-hydrogen) atoms. The summed E-state index contributed by atoms with van der Waals surface area (Å²) in [7, 11) is 0. The van der Waals surface area contributed by atoms with Crippen molar-refractivity contribution in [3.8, 4) is 11.6 Å². The monoisotopic (exact) mass is 681 g/mol. The number of nitrogens with zero attached hydrogens (tertiary/aromatic N) is 1. The van der Waals surface area contributed by atoms with Gasteiger partial charge in [0.05, 0.1) is 0 Å². The Morgan fingerprint density at radius 3 is 2.24 bits per heavy atom. The van der Waals surface area contributed by atoms with E-state index < -0.39 is 0 Å². The van der Waals surface area contributed by atoms with E-state index in [1.165, 1.54) is 17.0 Å². The van der Waals surface area contributed by atoms with E-state index in [0.29, 0.717) is 17.5 Å². The van der Waals surface area contributed by atoms with Gasteiger partial charge in [-0.3, -0.25) is 4.79 Å². The first-order valence-corrected chi connectivity index (χ1v) is 12.8. The third-order valence-corrected chi connectivity index (χ3v) is 7.05. The molecule has 1 radical (unpaired) electrons. The molecule has 0 aliphatic rings. The van der Waals surface area contributed by atoms with Gasteiger partial charge in [0, 0.05) is 59.9 Å². The smallest absolute Gasteiger partial charge is 0.220 e. The number of fused-ring (bicyclic) bond motifs is 1. The molecule has 0 atom stereocenters. The summed E-state index contributed by atoms with van der Waals surface area (Å²) in [6, 6.07) is 17.0. The van der Waals surface area contributed by atoms with Crippen LogP contribution >= 0.6 is 0 Å². The maximum Gasteiger partial charge on any atom is 0.220 e. The fourth-order valence-electron chi connectivity index (χ4n) is 3.46. The molecule has 0 aliphatic carbocycles. The molecular formula is C32H42IrNO3-. The van der Waals surface area contributed by atoms with Crippen LogP contribution in [0.2, 0.25) is 0 Å². The van der Waals surface area contributed by atoms with Crippen LogP contribution in [0.1, 0.15) is 85.3 Å². The molecule has 3 aromatic rings. The SMILES string of the molecule is CCC(C)(C)C(=O)/C=C(\O)C(C)(C)CC.Cc1c(Oc2[c-]cccc2)ncc2cccc(C(C)C)c12.[Ir]. The number of aryl methyl sites for hydroxylation is 1. The molecule has 3 rings (SSSR count). The van der Waals surface area contributed by atoms with E-state index in [4.69, 9.17) is 4.74 Å². The summed E-state index contributed by atoms with van der Waals surface area (Å²) in [5, 5.41) is 12.2. The summed E-state index contributed by atoms with van der Waals surface area (Å²) in [6.07, 6.45) is 4.87. The Kier molecular flexibility index (Phi) is 12.2. The minimum atomic E-state index is -0.377. The second-order valence-corrected chi connectivity index (χ2v) is 10.9. The summed E-state index contributed by atoms with van der Waals surface area (Å²) in [5.74, 6) is 2.00. The number of ether oxygens (including phenoxy) is 1. The van der Waals surface area contributed by atoms with E-state index in [1.807, 2.05) is 72.0 Å². The number of aliphatic hydroxyl groups is 1. The van der Waals surface area contributed by atoms with Crippen molar-refractivity contribution in [2.24, 2.45) is 10.8 Å². The molecule has 0 amide bonds. The van der Waals surface area contributed by atoms with Gasteiger partial charge in [0.1, 0.15) is 5.76 Å². The van der Waals surface area contributed by atoms with Crippen LogP contribution in [0, 0.1) is 23.8 Å². The van der Waals surface area contributed by atoms with Crippen LogP contribution in [0.5, 0.6) is 11.6 Å². The minimum absolute atomic E-state index is 0. The summed E-state index contributed by atoms with van der Waals surface area (Å²) in [5.41, 5.74) is 1.72. The molecule has 203 valence electrons. The van der Waals surface area contributed by atoms with Crippen molar-refractivity contribution in [2.45, 2.75) is 81.1 Å². The number of hydrogen-bond donors (Lipinski definition) is 1. The Morgan fingerprint density at radius 2 is 1.70 bits per heavy atom. The van der Waals surface area contributed by atoms with Crippen LogP contribution in [0.15, 0.2) is 60.5 Å². The van der Waals surface area contributed by atoms with Gasteiger partial charge >= 0.3 is 0 Å². The normalized spacial score (nSPS) is 12.0. The molecule has 1 aromatic heterocycles. The molecule has 1 N–H and O–H groups in total. The summed E-state index contributed by atoms with van der Waals surface area (Å²) >= 11 is 0. The average molecular weight is 681 g/mol. The topological polar surface area (TPSA) is 59.4 Å². The molecule has 5 heteroatoms. The predicted molar refractivity (Wildman–Crippen MR) is 150 cm³/mol. The fourth-order valence-corrected chi connectivity index (χ4v) is 3.46. The van der Waals surface area contributed by atoms with Gasteiger partial charge < -0.3 is 9.84 Å². The van der Waals surface area contributed by atoms with E-state index in [1.54, 1.807) is 0 Å². The molecule has 0 spiro atoms. The molecule has 0 saturated carbocycles. The van der Waals surface area contributed by atoms with E-state index >= 15 is 0 Å².